The standard InChI is InChI=1S/C18H36N4O/c1-5-19-18(21-12-10-17(23)22-14(2)3)20-11-9-16-8-6-7-15(4)13-16/h14-16H,5-13H2,1-4H3,(H,22,23)(H2,19,20,21). The van der Waals surface area contributed by atoms with Gasteiger partial charge in [0.15, 0.2) is 5.96 Å². The molecule has 0 aromatic rings. The highest BCUT2D eigenvalue weighted by atomic mass is 16.1. The summed E-state index contributed by atoms with van der Waals surface area (Å²) >= 11 is 0. The number of carbonyl (C=O) groups excluding carboxylic acids is 1. The maximum atomic E-state index is 11.6. The molecule has 23 heavy (non-hydrogen) atoms. The molecule has 5 heteroatoms. The Balaban J connectivity index is 2.28. The van der Waals surface area contributed by atoms with E-state index >= 15 is 0 Å². The number of guanidine groups is 1. The van der Waals surface area contributed by atoms with Gasteiger partial charge >= 0.3 is 0 Å². The second kappa shape index (κ2) is 11.3. The number of hydrogen-bond acceptors (Lipinski definition) is 2. The number of nitrogens with one attached hydrogen (secondary N) is 3. The lowest BCUT2D eigenvalue weighted by Crippen LogP contribution is -2.40. The lowest BCUT2D eigenvalue weighted by molar-refractivity contribution is -0.121. The molecule has 5 nitrogen and oxygen atoms in total. The fraction of sp³-hybridized carbons (Fsp3) is 0.889. The van der Waals surface area contributed by atoms with Crippen LogP contribution in [0.3, 0.4) is 0 Å². The van der Waals surface area contributed by atoms with Crippen LogP contribution in [0.1, 0.15) is 66.2 Å². The third-order valence-corrected chi connectivity index (χ3v) is 4.29. The maximum Gasteiger partial charge on any atom is 0.221 e. The van der Waals surface area contributed by atoms with Crippen molar-refractivity contribution in [2.45, 2.75) is 72.3 Å². The first-order valence-electron chi connectivity index (χ1n) is 9.32. The molecular weight excluding hydrogens is 288 g/mol. The molecule has 1 aliphatic carbocycles. The van der Waals surface area contributed by atoms with Gasteiger partial charge in [-0.05, 0) is 45.4 Å². The van der Waals surface area contributed by atoms with Gasteiger partial charge in [-0.1, -0.05) is 26.2 Å². The van der Waals surface area contributed by atoms with Gasteiger partial charge in [0.25, 0.3) is 0 Å². The highest BCUT2D eigenvalue weighted by molar-refractivity contribution is 5.81. The Morgan fingerprint density at radius 3 is 2.70 bits per heavy atom. The molecule has 1 aliphatic rings. The molecule has 1 fully saturated rings. The zero-order valence-corrected chi connectivity index (χ0v) is 15.5. The first-order chi connectivity index (χ1) is 11.0. The van der Waals surface area contributed by atoms with Crippen LogP contribution in [0.15, 0.2) is 4.99 Å². The van der Waals surface area contributed by atoms with Crippen molar-refractivity contribution in [1.29, 1.82) is 0 Å². The summed E-state index contributed by atoms with van der Waals surface area (Å²) in [4.78, 5) is 16.3. The van der Waals surface area contributed by atoms with E-state index in [9.17, 15) is 4.79 Å². The van der Waals surface area contributed by atoms with Crippen LogP contribution in [0.2, 0.25) is 0 Å². The van der Waals surface area contributed by atoms with Crippen LogP contribution in [-0.2, 0) is 4.79 Å². The van der Waals surface area contributed by atoms with Crippen molar-refractivity contribution >= 4 is 11.9 Å². The van der Waals surface area contributed by atoms with Gasteiger partial charge in [0.2, 0.25) is 5.91 Å². The van der Waals surface area contributed by atoms with Gasteiger partial charge in [0.1, 0.15) is 0 Å². The van der Waals surface area contributed by atoms with E-state index in [1.807, 2.05) is 13.8 Å². The van der Waals surface area contributed by atoms with Crippen LogP contribution in [0, 0.1) is 11.8 Å². The summed E-state index contributed by atoms with van der Waals surface area (Å²) in [5.74, 6) is 2.62. The fourth-order valence-electron chi connectivity index (χ4n) is 3.21. The minimum Gasteiger partial charge on any atom is -0.357 e. The molecule has 0 spiro atoms. The summed E-state index contributed by atoms with van der Waals surface area (Å²) in [6, 6.07) is 0.197. The van der Waals surface area contributed by atoms with Crippen LogP contribution in [0.5, 0.6) is 0 Å². The molecule has 0 heterocycles. The Morgan fingerprint density at radius 1 is 1.26 bits per heavy atom. The highest BCUT2D eigenvalue weighted by Gasteiger charge is 2.18. The lowest BCUT2D eigenvalue weighted by atomic mass is 9.81. The van der Waals surface area contributed by atoms with Crippen molar-refractivity contribution in [2.75, 3.05) is 19.6 Å². The fourth-order valence-corrected chi connectivity index (χ4v) is 3.21. The molecule has 0 aromatic heterocycles. The Kier molecular flexibility index (Phi) is 9.72. The van der Waals surface area contributed by atoms with Crippen LogP contribution in [-0.4, -0.2) is 37.5 Å². The molecule has 134 valence electrons. The predicted molar refractivity (Wildman–Crippen MR) is 97.6 cm³/mol. The number of hydrogen-bond donors (Lipinski definition) is 3. The summed E-state index contributed by atoms with van der Waals surface area (Å²) in [5, 5.41) is 9.40. The minimum atomic E-state index is 0.0829. The van der Waals surface area contributed by atoms with Gasteiger partial charge in [-0.25, -0.2) is 0 Å². The third-order valence-electron chi connectivity index (χ3n) is 4.29. The van der Waals surface area contributed by atoms with Crippen molar-refractivity contribution < 1.29 is 4.79 Å². The molecular formula is C18H36N4O. The molecule has 0 bridgehead atoms. The number of rotatable bonds is 8. The van der Waals surface area contributed by atoms with Crippen LogP contribution < -0.4 is 16.0 Å². The first-order valence-corrected chi connectivity index (χ1v) is 9.32. The van der Waals surface area contributed by atoms with E-state index in [0.717, 1.165) is 30.9 Å². The Hall–Kier alpha value is -1.26. The quantitative estimate of drug-likeness (QED) is 0.475. The molecule has 1 amide bonds. The van der Waals surface area contributed by atoms with Gasteiger partial charge < -0.3 is 16.0 Å². The molecule has 2 atom stereocenters. The molecule has 0 aliphatic heterocycles. The second-order valence-corrected chi connectivity index (χ2v) is 7.09. The lowest BCUT2D eigenvalue weighted by Gasteiger charge is -2.26. The highest BCUT2D eigenvalue weighted by Crippen LogP contribution is 2.30. The van der Waals surface area contributed by atoms with E-state index < -0.39 is 0 Å². The van der Waals surface area contributed by atoms with Crippen molar-refractivity contribution in [1.82, 2.24) is 16.0 Å². The summed E-state index contributed by atoms with van der Waals surface area (Å²) in [7, 11) is 0. The molecule has 3 N–H and O–H groups in total. The van der Waals surface area contributed by atoms with E-state index in [4.69, 9.17) is 0 Å². The summed E-state index contributed by atoms with van der Waals surface area (Å²) in [6.45, 7) is 10.7. The van der Waals surface area contributed by atoms with Crippen molar-refractivity contribution in [2.24, 2.45) is 16.8 Å². The second-order valence-electron chi connectivity index (χ2n) is 7.09. The molecule has 1 rings (SSSR count). The van der Waals surface area contributed by atoms with Gasteiger partial charge in [-0.15, -0.1) is 0 Å². The molecule has 1 saturated carbocycles. The largest absolute Gasteiger partial charge is 0.357 e. The average molecular weight is 325 g/mol. The minimum absolute atomic E-state index is 0.0829. The number of amides is 1. The van der Waals surface area contributed by atoms with Crippen molar-refractivity contribution in [3.05, 3.63) is 0 Å². The van der Waals surface area contributed by atoms with E-state index in [2.05, 4.69) is 34.8 Å². The van der Waals surface area contributed by atoms with Gasteiger partial charge in [0, 0.05) is 32.1 Å². The number of nitrogens with zero attached hydrogens (tertiary/aromatic N) is 1. The van der Waals surface area contributed by atoms with E-state index in [-0.39, 0.29) is 11.9 Å². The smallest absolute Gasteiger partial charge is 0.221 e. The van der Waals surface area contributed by atoms with Crippen LogP contribution in [0.25, 0.3) is 0 Å². The van der Waals surface area contributed by atoms with E-state index in [1.54, 1.807) is 0 Å². The van der Waals surface area contributed by atoms with E-state index in [1.165, 1.54) is 32.1 Å². The summed E-state index contributed by atoms with van der Waals surface area (Å²) < 4.78 is 0. The summed E-state index contributed by atoms with van der Waals surface area (Å²) in [6.07, 6.45) is 7.13. The normalized spacial score (nSPS) is 22.0. The third kappa shape index (κ3) is 9.47. The zero-order chi connectivity index (χ0) is 17.1. The Bertz CT molecular complexity index is 368. The Morgan fingerprint density at radius 2 is 2.04 bits per heavy atom. The summed E-state index contributed by atoms with van der Waals surface area (Å²) in [5.41, 5.74) is 0. The number of aliphatic imine (C=N–C) groups is 1. The zero-order valence-electron chi connectivity index (χ0n) is 15.5. The topological polar surface area (TPSA) is 65.5 Å². The number of carbonyl (C=O) groups is 1. The first kappa shape index (κ1) is 19.8. The molecule has 2 unspecified atom stereocenters. The van der Waals surface area contributed by atoms with E-state index in [0.29, 0.717) is 13.0 Å². The monoisotopic (exact) mass is 324 g/mol. The van der Waals surface area contributed by atoms with Crippen molar-refractivity contribution in [3.8, 4) is 0 Å². The van der Waals surface area contributed by atoms with Gasteiger partial charge in [0.05, 0.1) is 0 Å². The SMILES string of the molecule is CCNC(=NCCC1CCCC(C)C1)NCCC(=O)NC(C)C. The van der Waals surface area contributed by atoms with Gasteiger partial charge in [-0.3, -0.25) is 9.79 Å². The molecule has 0 aromatic carbocycles. The maximum absolute atomic E-state index is 11.6. The van der Waals surface area contributed by atoms with Gasteiger partial charge in [-0.2, -0.15) is 0 Å². The van der Waals surface area contributed by atoms with Crippen LogP contribution >= 0.6 is 0 Å². The predicted octanol–water partition coefficient (Wildman–Crippen LogP) is 2.67. The average Bonchev–Trinajstić information content (AvgIpc) is 2.46. The van der Waals surface area contributed by atoms with Crippen molar-refractivity contribution in [3.63, 3.8) is 0 Å². The molecule has 0 saturated heterocycles. The molecule has 0 radical (unpaired) electrons. The Labute approximate surface area is 142 Å². The van der Waals surface area contributed by atoms with Crippen LogP contribution in [0.4, 0.5) is 0 Å².